The molecule has 1 atom stereocenters. The summed E-state index contributed by atoms with van der Waals surface area (Å²) in [6.45, 7) is 9.59. The molecule has 0 aliphatic carbocycles. The summed E-state index contributed by atoms with van der Waals surface area (Å²) in [5.41, 5.74) is 1.37. The summed E-state index contributed by atoms with van der Waals surface area (Å²) in [5.74, 6) is 0.841. The third-order valence-corrected chi connectivity index (χ3v) is 3.84. The molecule has 0 bridgehead atoms. The molecule has 1 saturated heterocycles. The van der Waals surface area contributed by atoms with E-state index in [0.29, 0.717) is 0 Å². The van der Waals surface area contributed by atoms with Gasteiger partial charge in [-0.25, -0.2) is 0 Å². The molecule has 2 N–H and O–H groups in total. The molecular weight excluding hydrogens is 286 g/mol. The van der Waals surface area contributed by atoms with E-state index in [1.807, 2.05) is 24.3 Å². The van der Waals surface area contributed by atoms with Crippen LogP contribution in [0.15, 0.2) is 29.3 Å². The van der Waals surface area contributed by atoms with E-state index in [0.717, 1.165) is 37.3 Å². The van der Waals surface area contributed by atoms with Crippen LogP contribution in [-0.2, 0) is 4.74 Å². The van der Waals surface area contributed by atoms with Crippen molar-refractivity contribution in [3.05, 3.63) is 34.9 Å². The SMILES string of the molecule is CCNC(=NCC1(C)COC1)NC(C)c1ccc(Cl)cc1. The number of nitrogens with zero attached hydrogens (tertiary/aromatic N) is 1. The summed E-state index contributed by atoms with van der Waals surface area (Å²) in [6.07, 6.45) is 0. The Labute approximate surface area is 131 Å². The van der Waals surface area contributed by atoms with Crippen LogP contribution in [0, 0.1) is 5.41 Å². The van der Waals surface area contributed by atoms with Gasteiger partial charge in [0.2, 0.25) is 0 Å². The smallest absolute Gasteiger partial charge is 0.191 e. The lowest BCUT2D eigenvalue weighted by Gasteiger charge is -2.36. The van der Waals surface area contributed by atoms with Crippen LogP contribution < -0.4 is 10.6 Å². The van der Waals surface area contributed by atoms with Gasteiger partial charge in [0, 0.05) is 17.0 Å². The predicted molar refractivity (Wildman–Crippen MR) is 87.9 cm³/mol. The summed E-state index contributed by atoms with van der Waals surface area (Å²) in [7, 11) is 0. The first-order valence-corrected chi connectivity index (χ1v) is 7.78. The summed E-state index contributed by atoms with van der Waals surface area (Å²) in [5, 5.41) is 7.47. The maximum absolute atomic E-state index is 5.93. The lowest BCUT2D eigenvalue weighted by molar-refractivity contribution is -0.0945. The van der Waals surface area contributed by atoms with Crippen molar-refractivity contribution in [2.24, 2.45) is 10.4 Å². The number of hydrogen-bond acceptors (Lipinski definition) is 2. The highest BCUT2D eigenvalue weighted by Crippen LogP contribution is 2.26. The molecule has 2 rings (SSSR count). The minimum absolute atomic E-state index is 0.172. The van der Waals surface area contributed by atoms with Gasteiger partial charge in [0.05, 0.1) is 25.8 Å². The Morgan fingerprint density at radius 1 is 1.38 bits per heavy atom. The van der Waals surface area contributed by atoms with Crippen LogP contribution in [-0.4, -0.2) is 32.3 Å². The normalized spacial score (nSPS) is 18.8. The fourth-order valence-corrected chi connectivity index (χ4v) is 2.30. The molecule has 1 aliphatic heterocycles. The third kappa shape index (κ3) is 4.61. The van der Waals surface area contributed by atoms with Crippen molar-refractivity contribution in [3.8, 4) is 0 Å². The first kappa shape index (κ1) is 16.1. The lowest BCUT2D eigenvalue weighted by Crippen LogP contribution is -2.44. The molecule has 0 saturated carbocycles. The molecule has 4 nitrogen and oxygen atoms in total. The van der Waals surface area contributed by atoms with Gasteiger partial charge >= 0.3 is 0 Å². The number of ether oxygens (including phenoxy) is 1. The number of rotatable bonds is 5. The standard InChI is InChI=1S/C16H24ClN3O/c1-4-18-15(19-9-16(3)10-21-11-16)20-12(2)13-5-7-14(17)8-6-13/h5-8,12H,4,9-11H2,1-3H3,(H2,18,19,20). The molecular formula is C16H24ClN3O. The largest absolute Gasteiger partial charge is 0.380 e. The van der Waals surface area contributed by atoms with Gasteiger partial charge in [0.25, 0.3) is 0 Å². The van der Waals surface area contributed by atoms with Gasteiger partial charge in [-0.1, -0.05) is 30.7 Å². The number of halogens is 1. The lowest BCUT2D eigenvalue weighted by atomic mass is 9.89. The molecule has 5 heteroatoms. The van der Waals surface area contributed by atoms with Gasteiger partial charge in [-0.05, 0) is 31.5 Å². The quantitative estimate of drug-likeness (QED) is 0.649. The van der Waals surface area contributed by atoms with Crippen LogP contribution >= 0.6 is 11.6 Å². The van der Waals surface area contributed by atoms with Crippen LogP contribution in [0.3, 0.4) is 0 Å². The molecule has 1 aromatic carbocycles. The second kappa shape index (κ2) is 7.14. The van der Waals surface area contributed by atoms with Gasteiger partial charge in [-0.2, -0.15) is 0 Å². The topological polar surface area (TPSA) is 45.7 Å². The fourth-order valence-electron chi connectivity index (χ4n) is 2.17. The number of hydrogen-bond donors (Lipinski definition) is 2. The van der Waals surface area contributed by atoms with E-state index < -0.39 is 0 Å². The molecule has 0 amide bonds. The number of aliphatic imine (C=N–C) groups is 1. The second-order valence-corrected chi connectivity index (χ2v) is 6.35. The van der Waals surface area contributed by atoms with E-state index in [-0.39, 0.29) is 11.5 Å². The molecule has 1 heterocycles. The average molecular weight is 310 g/mol. The Morgan fingerprint density at radius 3 is 2.57 bits per heavy atom. The van der Waals surface area contributed by atoms with E-state index >= 15 is 0 Å². The highest BCUT2D eigenvalue weighted by Gasteiger charge is 2.33. The molecule has 1 aliphatic rings. The number of benzene rings is 1. The van der Waals surface area contributed by atoms with E-state index in [2.05, 4.69) is 36.4 Å². The van der Waals surface area contributed by atoms with E-state index in [4.69, 9.17) is 16.3 Å². The fraction of sp³-hybridized carbons (Fsp3) is 0.562. The minimum Gasteiger partial charge on any atom is -0.380 e. The Morgan fingerprint density at radius 2 is 2.05 bits per heavy atom. The Balaban J connectivity index is 1.97. The number of nitrogens with one attached hydrogen (secondary N) is 2. The van der Waals surface area contributed by atoms with Crippen molar-refractivity contribution in [2.45, 2.75) is 26.8 Å². The summed E-state index contributed by atoms with van der Waals surface area (Å²) in [6, 6.07) is 8.05. The molecule has 1 unspecified atom stereocenters. The summed E-state index contributed by atoms with van der Waals surface area (Å²) in [4.78, 5) is 4.68. The zero-order valence-corrected chi connectivity index (χ0v) is 13.7. The number of guanidine groups is 1. The van der Waals surface area contributed by atoms with Crippen molar-refractivity contribution in [2.75, 3.05) is 26.3 Å². The molecule has 1 aromatic rings. The van der Waals surface area contributed by atoms with Gasteiger partial charge in [-0.3, -0.25) is 4.99 Å². The molecule has 116 valence electrons. The van der Waals surface area contributed by atoms with Crippen LogP contribution in [0.4, 0.5) is 0 Å². The van der Waals surface area contributed by atoms with Gasteiger partial charge in [-0.15, -0.1) is 0 Å². The predicted octanol–water partition coefficient (Wildman–Crippen LogP) is 2.99. The molecule has 0 radical (unpaired) electrons. The van der Waals surface area contributed by atoms with Crippen molar-refractivity contribution in [1.82, 2.24) is 10.6 Å². The van der Waals surface area contributed by atoms with Crippen molar-refractivity contribution < 1.29 is 4.74 Å². The Kier molecular flexibility index (Phi) is 5.48. The second-order valence-electron chi connectivity index (χ2n) is 5.92. The van der Waals surface area contributed by atoms with Crippen molar-refractivity contribution in [3.63, 3.8) is 0 Å². The van der Waals surface area contributed by atoms with Crippen LogP contribution in [0.25, 0.3) is 0 Å². The zero-order valence-electron chi connectivity index (χ0n) is 12.9. The average Bonchev–Trinajstić information content (AvgIpc) is 2.43. The monoisotopic (exact) mass is 309 g/mol. The molecule has 0 spiro atoms. The van der Waals surface area contributed by atoms with Crippen molar-refractivity contribution >= 4 is 17.6 Å². The van der Waals surface area contributed by atoms with Crippen LogP contribution in [0.2, 0.25) is 5.02 Å². The summed E-state index contributed by atoms with van der Waals surface area (Å²) >= 11 is 5.93. The molecule has 0 aromatic heterocycles. The van der Waals surface area contributed by atoms with Crippen LogP contribution in [0.1, 0.15) is 32.4 Å². The molecule has 1 fully saturated rings. The Bertz CT molecular complexity index is 483. The maximum Gasteiger partial charge on any atom is 0.191 e. The first-order valence-electron chi connectivity index (χ1n) is 7.40. The summed E-state index contributed by atoms with van der Waals surface area (Å²) < 4.78 is 5.27. The van der Waals surface area contributed by atoms with Gasteiger partial charge < -0.3 is 15.4 Å². The van der Waals surface area contributed by atoms with E-state index in [1.165, 1.54) is 5.56 Å². The van der Waals surface area contributed by atoms with Crippen molar-refractivity contribution in [1.29, 1.82) is 0 Å². The Hall–Kier alpha value is -1.26. The zero-order chi connectivity index (χ0) is 15.3. The van der Waals surface area contributed by atoms with Gasteiger partial charge in [0.1, 0.15) is 0 Å². The van der Waals surface area contributed by atoms with E-state index in [9.17, 15) is 0 Å². The highest BCUT2D eigenvalue weighted by atomic mass is 35.5. The maximum atomic E-state index is 5.93. The third-order valence-electron chi connectivity index (χ3n) is 3.59. The molecule has 21 heavy (non-hydrogen) atoms. The van der Waals surface area contributed by atoms with E-state index in [1.54, 1.807) is 0 Å². The first-order chi connectivity index (χ1) is 10.0. The van der Waals surface area contributed by atoms with Crippen LogP contribution in [0.5, 0.6) is 0 Å². The highest BCUT2D eigenvalue weighted by molar-refractivity contribution is 6.30. The minimum atomic E-state index is 0.172. The van der Waals surface area contributed by atoms with Gasteiger partial charge in [0.15, 0.2) is 5.96 Å².